The SMILES string of the molecule is O=C(c1cccc(CSc2c(Cl)cccc2Cl)n1)N1CCC1. The summed E-state index contributed by atoms with van der Waals surface area (Å²) in [7, 11) is 0. The molecule has 6 heteroatoms. The number of carbonyl (C=O) groups excluding carboxylic acids is 1. The van der Waals surface area contributed by atoms with E-state index in [0.717, 1.165) is 30.1 Å². The Morgan fingerprint density at radius 2 is 1.82 bits per heavy atom. The van der Waals surface area contributed by atoms with Gasteiger partial charge in [-0.05, 0) is 30.7 Å². The first kappa shape index (κ1) is 15.7. The summed E-state index contributed by atoms with van der Waals surface area (Å²) < 4.78 is 0. The molecule has 0 bridgehead atoms. The summed E-state index contributed by atoms with van der Waals surface area (Å²) >= 11 is 13.8. The minimum Gasteiger partial charge on any atom is -0.337 e. The minimum atomic E-state index is 0.00822. The number of amides is 1. The molecular formula is C16H14Cl2N2OS. The fraction of sp³-hybridized carbons (Fsp3) is 0.250. The van der Waals surface area contributed by atoms with Crippen LogP contribution in [-0.2, 0) is 5.75 Å². The summed E-state index contributed by atoms with van der Waals surface area (Å²) in [6.45, 7) is 1.66. The van der Waals surface area contributed by atoms with E-state index in [-0.39, 0.29) is 5.91 Å². The number of pyridine rings is 1. The monoisotopic (exact) mass is 352 g/mol. The van der Waals surface area contributed by atoms with Crippen molar-refractivity contribution in [2.75, 3.05) is 13.1 Å². The zero-order valence-corrected chi connectivity index (χ0v) is 14.1. The van der Waals surface area contributed by atoms with E-state index in [1.165, 1.54) is 11.8 Å². The highest BCUT2D eigenvalue weighted by atomic mass is 35.5. The molecule has 0 saturated carbocycles. The minimum absolute atomic E-state index is 0.00822. The van der Waals surface area contributed by atoms with Crippen molar-refractivity contribution in [3.63, 3.8) is 0 Å². The molecule has 0 spiro atoms. The molecule has 22 heavy (non-hydrogen) atoms. The molecule has 3 rings (SSSR count). The lowest BCUT2D eigenvalue weighted by molar-refractivity contribution is 0.0645. The molecule has 1 aromatic heterocycles. The van der Waals surface area contributed by atoms with Gasteiger partial charge in [0.15, 0.2) is 0 Å². The Morgan fingerprint density at radius 3 is 2.45 bits per heavy atom. The molecule has 1 amide bonds. The number of carbonyl (C=O) groups is 1. The third-order valence-electron chi connectivity index (χ3n) is 3.45. The van der Waals surface area contributed by atoms with Gasteiger partial charge < -0.3 is 4.90 Å². The standard InChI is InChI=1S/C16H14Cl2N2OS/c17-12-5-2-6-13(18)15(12)22-10-11-4-1-7-14(19-11)16(21)20-8-3-9-20/h1-2,4-7H,3,8-10H2. The molecule has 1 aromatic carbocycles. The number of likely N-dealkylation sites (tertiary alicyclic amines) is 1. The van der Waals surface area contributed by atoms with Crippen LogP contribution in [0.2, 0.25) is 10.0 Å². The number of hydrogen-bond acceptors (Lipinski definition) is 3. The zero-order chi connectivity index (χ0) is 15.5. The van der Waals surface area contributed by atoms with Gasteiger partial charge in [0.2, 0.25) is 0 Å². The second-order valence-electron chi connectivity index (χ2n) is 5.00. The van der Waals surface area contributed by atoms with Crippen molar-refractivity contribution in [3.05, 3.63) is 57.8 Å². The van der Waals surface area contributed by atoms with Crippen LogP contribution in [0.15, 0.2) is 41.3 Å². The first-order chi connectivity index (χ1) is 10.6. The van der Waals surface area contributed by atoms with E-state index >= 15 is 0 Å². The van der Waals surface area contributed by atoms with Gasteiger partial charge in [0.1, 0.15) is 5.69 Å². The van der Waals surface area contributed by atoms with Gasteiger partial charge in [0, 0.05) is 23.7 Å². The maximum Gasteiger partial charge on any atom is 0.272 e. The van der Waals surface area contributed by atoms with E-state index in [0.29, 0.717) is 21.5 Å². The Kier molecular flexibility index (Phi) is 4.91. The van der Waals surface area contributed by atoms with Crippen LogP contribution in [0.3, 0.4) is 0 Å². The molecule has 0 aliphatic carbocycles. The Labute approximate surface area is 143 Å². The van der Waals surface area contributed by atoms with E-state index in [1.54, 1.807) is 6.07 Å². The summed E-state index contributed by atoms with van der Waals surface area (Å²) in [5.74, 6) is 0.624. The van der Waals surface area contributed by atoms with Crippen LogP contribution < -0.4 is 0 Å². The molecule has 3 nitrogen and oxygen atoms in total. The third kappa shape index (κ3) is 3.40. The molecule has 0 radical (unpaired) electrons. The van der Waals surface area contributed by atoms with E-state index in [4.69, 9.17) is 23.2 Å². The average Bonchev–Trinajstić information content (AvgIpc) is 2.45. The van der Waals surface area contributed by atoms with Gasteiger partial charge in [-0.25, -0.2) is 4.98 Å². The third-order valence-corrected chi connectivity index (χ3v) is 5.48. The van der Waals surface area contributed by atoms with Gasteiger partial charge in [-0.2, -0.15) is 0 Å². The van der Waals surface area contributed by atoms with Gasteiger partial charge >= 0.3 is 0 Å². The van der Waals surface area contributed by atoms with Gasteiger partial charge in [-0.15, -0.1) is 11.8 Å². The number of halogens is 2. The lowest BCUT2D eigenvalue weighted by Crippen LogP contribution is -2.42. The second kappa shape index (κ2) is 6.90. The second-order valence-corrected chi connectivity index (χ2v) is 6.80. The smallest absolute Gasteiger partial charge is 0.272 e. The van der Waals surface area contributed by atoms with Crippen LogP contribution in [0.4, 0.5) is 0 Å². The van der Waals surface area contributed by atoms with Crippen molar-refractivity contribution < 1.29 is 4.79 Å². The van der Waals surface area contributed by atoms with E-state index in [1.807, 2.05) is 35.2 Å². The lowest BCUT2D eigenvalue weighted by Gasteiger charge is -2.30. The summed E-state index contributed by atoms with van der Waals surface area (Å²) in [5, 5.41) is 1.26. The molecule has 2 heterocycles. The van der Waals surface area contributed by atoms with E-state index in [2.05, 4.69) is 4.98 Å². The summed E-state index contributed by atoms with van der Waals surface area (Å²) in [6, 6.07) is 11.0. The molecular weight excluding hydrogens is 339 g/mol. The Morgan fingerprint density at radius 1 is 1.14 bits per heavy atom. The summed E-state index contributed by atoms with van der Waals surface area (Å²) in [5.41, 5.74) is 1.34. The lowest BCUT2D eigenvalue weighted by atomic mass is 10.2. The first-order valence-corrected chi connectivity index (χ1v) is 8.71. The van der Waals surface area contributed by atoms with E-state index in [9.17, 15) is 4.79 Å². The van der Waals surface area contributed by atoms with Crippen LogP contribution in [0.1, 0.15) is 22.6 Å². The summed E-state index contributed by atoms with van der Waals surface area (Å²) in [4.78, 5) is 19.3. The molecule has 1 aliphatic rings. The highest BCUT2D eigenvalue weighted by Crippen LogP contribution is 2.35. The number of benzene rings is 1. The molecule has 1 aliphatic heterocycles. The van der Waals surface area contributed by atoms with E-state index < -0.39 is 0 Å². The first-order valence-electron chi connectivity index (χ1n) is 6.97. The Hall–Kier alpha value is -1.23. The van der Waals surface area contributed by atoms with Crippen LogP contribution >= 0.6 is 35.0 Å². The number of aromatic nitrogens is 1. The van der Waals surface area contributed by atoms with Gasteiger partial charge in [-0.3, -0.25) is 4.79 Å². The number of hydrogen-bond donors (Lipinski definition) is 0. The molecule has 0 atom stereocenters. The average molecular weight is 353 g/mol. The Bertz CT molecular complexity index is 684. The highest BCUT2D eigenvalue weighted by molar-refractivity contribution is 7.98. The van der Waals surface area contributed by atoms with Crippen LogP contribution in [0.25, 0.3) is 0 Å². The van der Waals surface area contributed by atoms with Crippen molar-refractivity contribution in [2.24, 2.45) is 0 Å². The maximum absolute atomic E-state index is 12.2. The molecule has 2 aromatic rings. The molecule has 0 N–H and O–H groups in total. The van der Waals surface area contributed by atoms with Crippen LogP contribution in [0, 0.1) is 0 Å². The van der Waals surface area contributed by atoms with Crippen molar-refractivity contribution in [3.8, 4) is 0 Å². The molecule has 1 saturated heterocycles. The molecule has 1 fully saturated rings. The highest BCUT2D eigenvalue weighted by Gasteiger charge is 2.22. The van der Waals surface area contributed by atoms with Crippen LogP contribution in [0.5, 0.6) is 0 Å². The zero-order valence-electron chi connectivity index (χ0n) is 11.8. The van der Waals surface area contributed by atoms with Crippen molar-refractivity contribution in [2.45, 2.75) is 17.1 Å². The van der Waals surface area contributed by atoms with Gasteiger partial charge in [0.05, 0.1) is 15.7 Å². The quantitative estimate of drug-likeness (QED) is 0.758. The largest absolute Gasteiger partial charge is 0.337 e. The molecule has 0 unspecified atom stereocenters. The predicted molar refractivity (Wildman–Crippen MR) is 90.8 cm³/mol. The fourth-order valence-corrected chi connectivity index (χ4v) is 3.72. The maximum atomic E-state index is 12.2. The summed E-state index contributed by atoms with van der Waals surface area (Å²) in [6.07, 6.45) is 1.08. The topological polar surface area (TPSA) is 33.2 Å². The van der Waals surface area contributed by atoms with Crippen molar-refractivity contribution >= 4 is 40.9 Å². The Balaban J connectivity index is 1.71. The van der Waals surface area contributed by atoms with Crippen molar-refractivity contribution in [1.29, 1.82) is 0 Å². The predicted octanol–water partition coefficient (Wildman–Crippen LogP) is 4.53. The normalized spacial score (nSPS) is 13.8. The van der Waals surface area contributed by atoms with Gasteiger partial charge in [0.25, 0.3) is 5.91 Å². The van der Waals surface area contributed by atoms with Crippen molar-refractivity contribution in [1.82, 2.24) is 9.88 Å². The van der Waals surface area contributed by atoms with Crippen LogP contribution in [-0.4, -0.2) is 28.9 Å². The molecule has 114 valence electrons. The fourth-order valence-electron chi connectivity index (χ4n) is 2.13. The number of rotatable bonds is 4. The van der Waals surface area contributed by atoms with Gasteiger partial charge in [-0.1, -0.05) is 35.3 Å². The number of nitrogens with zero attached hydrogens (tertiary/aromatic N) is 2. The number of thioether (sulfide) groups is 1.